The molecular formula is C80H48Cl4F12O10S2. The molecule has 0 spiro atoms. The van der Waals surface area contributed by atoms with E-state index < -0.39 is 77.5 Å². The normalized spacial score (nSPS) is 12.3. The number of carbonyl (C=O) groups is 2. The van der Waals surface area contributed by atoms with Gasteiger partial charge in [-0.1, -0.05) is 94.9 Å². The Hall–Kier alpha value is -10.6. The summed E-state index contributed by atoms with van der Waals surface area (Å²) in [5.41, 5.74) is -11.9. The first-order chi connectivity index (χ1) is 51.0. The number of alkyl halides is 12. The average molecular weight is 1600 g/mol. The monoisotopic (exact) mass is 1600 g/mol. The van der Waals surface area contributed by atoms with Gasteiger partial charge in [0.15, 0.2) is 11.6 Å². The summed E-state index contributed by atoms with van der Waals surface area (Å²) in [6.07, 6.45) is -23.4. The van der Waals surface area contributed by atoms with Gasteiger partial charge in [0.05, 0.1) is 19.6 Å². The van der Waals surface area contributed by atoms with Crippen LogP contribution in [0.1, 0.15) is 54.1 Å². The lowest BCUT2D eigenvalue weighted by atomic mass is 9.73. The first kappa shape index (κ1) is 78.5. The third-order valence-corrected chi connectivity index (χ3v) is 21.3. The van der Waals surface area contributed by atoms with Crippen molar-refractivity contribution in [3.63, 3.8) is 0 Å². The molecule has 0 N–H and O–H groups in total. The molecule has 12 aromatic rings. The maximum Gasteiger partial charge on any atom is 0.411 e. The van der Waals surface area contributed by atoms with Crippen LogP contribution in [0.4, 0.5) is 52.7 Å². The van der Waals surface area contributed by atoms with Gasteiger partial charge in [0, 0.05) is 42.3 Å². The number of sulfone groups is 2. The van der Waals surface area contributed by atoms with Crippen LogP contribution in [0.25, 0.3) is 0 Å². The van der Waals surface area contributed by atoms with Crippen molar-refractivity contribution in [3.05, 3.63) is 356 Å². The zero-order valence-corrected chi connectivity index (χ0v) is 59.3. The molecule has 0 aliphatic rings. The van der Waals surface area contributed by atoms with E-state index in [1.54, 1.807) is 48.5 Å². The first-order valence-corrected chi connectivity index (χ1v) is 35.9. The molecule has 12 aromatic carbocycles. The summed E-state index contributed by atoms with van der Waals surface area (Å²) >= 11 is 23.4. The summed E-state index contributed by atoms with van der Waals surface area (Å²) in [5, 5.41) is 1.61. The molecule has 552 valence electrons. The zero-order chi connectivity index (χ0) is 77.8. The number of benzene rings is 12. The molecule has 0 saturated carbocycles. The summed E-state index contributed by atoms with van der Waals surface area (Å²) in [7, 11) is -7.83. The molecule has 0 unspecified atom stereocenters. The lowest BCUT2D eigenvalue weighted by Crippen LogP contribution is -2.54. The Labute approximate surface area is 628 Å². The Morgan fingerprint density at radius 2 is 0.361 bits per heavy atom. The van der Waals surface area contributed by atoms with Crippen molar-refractivity contribution < 1.29 is 98.1 Å². The van der Waals surface area contributed by atoms with Crippen LogP contribution >= 0.6 is 46.4 Å². The lowest BCUT2D eigenvalue weighted by molar-refractivity contribution is -0.290. The quantitative estimate of drug-likeness (QED) is 0.0535. The van der Waals surface area contributed by atoms with Crippen molar-refractivity contribution >= 4 is 77.6 Å². The minimum Gasteiger partial charge on any atom is -0.457 e. The van der Waals surface area contributed by atoms with Gasteiger partial charge in [0.1, 0.15) is 46.0 Å². The van der Waals surface area contributed by atoms with Crippen LogP contribution in [0, 0.1) is 0 Å². The number of carbonyl (C=O) groups excluding carboxylic acids is 2. The average Bonchev–Trinajstić information content (AvgIpc) is 0.721. The van der Waals surface area contributed by atoms with E-state index in [2.05, 4.69) is 0 Å². The molecule has 108 heavy (non-hydrogen) atoms. The van der Waals surface area contributed by atoms with Crippen molar-refractivity contribution in [2.24, 2.45) is 0 Å². The van der Waals surface area contributed by atoms with Crippen molar-refractivity contribution in [1.29, 1.82) is 0 Å². The van der Waals surface area contributed by atoms with Gasteiger partial charge in [-0.3, -0.25) is 9.59 Å². The number of hydrogen-bond donors (Lipinski definition) is 0. The van der Waals surface area contributed by atoms with Crippen LogP contribution in [0.3, 0.4) is 0 Å². The fourth-order valence-corrected chi connectivity index (χ4v) is 14.4. The molecule has 12 rings (SSSR count). The second-order valence-electron chi connectivity index (χ2n) is 23.6. The SMILES string of the molecule is O=C(c1ccc(Cl)cc1)c1ccc(Oc2ccc(C(c3ccc(Oc4ccc(C(=O)c5ccc(Cl)cc5)cc4)cc3)(C(F)(F)F)C(F)(F)F)cc2)cc1.O=S(=O)(c1ccc(Cl)cc1)c1ccc(Oc2ccc(C(c3ccc(Oc4ccc(S(=O)(=O)c5ccc(Cl)cc5)cc4)cc3)(C(F)(F)F)C(F)(F)F)cc2)cc1. The molecule has 10 nitrogen and oxygen atoms in total. The molecule has 0 saturated heterocycles. The van der Waals surface area contributed by atoms with Crippen molar-refractivity contribution in [2.75, 3.05) is 0 Å². The summed E-state index contributed by atoms with van der Waals surface area (Å²) in [4.78, 5) is 25.2. The molecule has 0 radical (unpaired) electrons. The Bertz CT molecular complexity index is 5070. The van der Waals surface area contributed by atoms with E-state index >= 15 is 0 Å². The van der Waals surface area contributed by atoms with E-state index in [1.807, 2.05) is 0 Å². The van der Waals surface area contributed by atoms with E-state index in [1.165, 1.54) is 146 Å². The van der Waals surface area contributed by atoms with Gasteiger partial charge in [-0.2, -0.15) is 52.7 Å². The fourth-order valence-electron chi connectivity index (χ4n) is 11.4. The van der Waals surface area contributed by atoms with E-state index in [0.29, 0.717) is 90.9 Å². The fraction of sp³-hybridized carbons (Fsp3) is 0.0750. The highest BCUT2D eigenvalue weighted by Crippen LogP contribution is 2.58. The molecule has 0 fully saturated rings. The molecule has 0 aliphatic carbocycles. The molecule has 0 aromatic heterocycles. The van der Waals surface area contributed by atoms with Crippen LogP contribution in [-0.2, 0) is 30.5 Å². The van der Waals surface area contributed by atoms with Crippen LogP contribution in [0.5, 0.6) is 46.0 Å². The molecule has 0 aliphatic heterocycles. The number of halogens is 16. The van der Waals surface area contributed by atoms with Crippen LogP contribution in [0.15, 0.2) is 311 Å². The predicted octanol–water partition coefficient (Wildman–Crippen LogP) is 24.1. The van der Waals surface area contributed by atoms with Gasteiger partial charge in [-0.25, -0.2) is 16.8 Å². The van der Waals surface area contributed by atoms with Crippen LogP contribution in [-0.4, -0.2) is 53.1 Å². The van der Waals surface area contributed by atoms with Crippen molar-refractivity contribution in [2.45, 2.75) is 55.1 Å². The maximum absolute atomic E-state index is 14.8. The summed E-state index contributed by atoms with van der Waals surface area (Å²) in [6, 6.07) is 58.6. The summed E-state index contributed by atoms with van der Waals surface area (Å²) in [5.74, 6) is -0.360. The van der Waals surface area contributed by atoms with E-state index in [9.17, 15) is 79.1 Å². The smallest absolute Gasteiger partial charge is 0.411 e. The highest BCUT2D eigenvalue weighted by molar-refractivity contribution is 7.91. The Morgan fingerprint density at radius 1 is 0.222 bits per heavy atom. The topological polar surface area (TPSA) is 139 Å². The highest BCUT2D eigenvalue weighted by Gasteiger charge is 2.73. The minimum absolute atomic E-state index is 0.0166. The maximum atomic E-state index is 14.8. The first-order valence-electron chi connectivity index (χ1n) is 31.4. The molecule has 0 atom stereocenters. The summed E-state index contributed by atoms with van der Waals surface area (Å²) in [6.45, 7) is 0. The third kappa shape index (κ3) is 16.7. The highest BCUT2D eigenvalue weighted by atomic mass is 35.5. The third-order valence-electron chi connectivity index (χ3n) is 16.8. The Balaban J connectivity index is 0.000000215. The molecule has 0 heterocycles. The summed E-state index contributed by atoms with van der Waals surface area (Å²) < 4.78 is 252. The zero-order valence-electron chi connectivity index (χ0n) is 54.7. The van der Waals surface area contributed by atoms with E-state index in [4.69, 9.17) is 65.4 Å². The predicted molar refractivity (Wildman–Crippen MR) is 381 cm³/mol. The van der Waals surface area contributed by atoms with E-state index in [0.717, 1.165) is 48.5 Å². The van der Waals surface area contributed by atoms with Gasteiger partial charge in [-0.05, 0) is 265 Å². The largest absolute Gasteiger partial charge is 0.457 e. The van der Waals surface area contributed by atoms with Gasteiger partial charge < -0.3 is 18.9 Å². The number of hydrogen-bond acceptors (Lipinski definition) is 10. The minimum atomic E-state index is -5.87. The Morgan fingerprint density at radius 3 is 0.537 bits per heavy atom. The Kier molecular flexibility index (Phi) is 22.7. The number of rotatable bonds is 20. The standard InChI is InChI=1S/C41H24Cl2F6O4.C39H24Cl2F6O6S2/c42-31-13-1-25(2-14-31)37(50)27-5-17-33(18-6-27)52-35-21-9-29(10-22-35)39(40(44,45)46,41(47,48)49)30-11-23-36(24-12-30)53-34-19-7-28(8-20-34)38(51)26-3-15-32(43)16-4-26;40-27-5-17-33(18-6-27)54(48,49)35-21-13-31(14-22-35)52-29-9-1-25(2-10-29)37(38(42,43)44,39(45,46)47)26-3-11-30(12-4-26)53-32-15-23-36(24-16-32)55(50,51)34-19-7-28(41)8-20-34/h1-24H;1-24H. The van der Waals surface area contributed by atoms with Gasteiger partial charge in [0.2, 0.25) is 30.5 Å². The second-order valence-corrected chi connectivity index (χ2v) is 29.2. The van der Waals surface area contributed by atoms with Gasteiger partial charge in [-0.15, -0.1) is 0 Å². The van der Waals surface area contributed by atoms with E-state index in [-0.39, 0.29) is 77.1 Å². The molecule has 0 amide bonds. The van der Waals surface area contributed by atoms with Crippen molar-refractivity contribution in [3.8, 4) is 46.0 Å². The van der Waals surface area contributed by atoms with Gasteiger partial charge in [0.25, 0.3) is 0 Å². The van der Waals surface area contributed by atoms with Crippen molar-refractivity contribution in [1.82, 2.24) is 0 Å². The molecule has 28 heteroatoms. The molecule has 0 bridgehead atoms. The number of ether oxygens (including phenoxy) is 4. The van der Waals surface area contributed by atoms with Crippen LogP contribution < -0.4 is 18.9 Å². The van der Waals surface area contributed by atoms with Crippen LogP contribution in [0.2, 0.25) is 20.1 Å². The second kappa shape index (κ2) is 31.3. The lowest BCUT2D eigenvalue weighted by Gasteiger charge is -2.38. The number of ketones is 2. The molecular weight excluding hydrogens is 1550 g/mol. The van der Waals surface area contributed by atoms with Gasteiger partial charge >= 0.3 is 24.7 Å².